The minimum atomic E-state index is 0. The van der Waals surface area contributed by atoms with Crippen LogP contribution in [0, 0.1) is 0 Å². The molecule has 2 aliphatic rings. The van der Waals surface area contributed by atoms with Gasteiger partial charge >= 0.3 is 17.1 Å². The Morgan fingerprint density at radius 3 is 2.23 bits per heavy atom. The molecule has 0 radical (unpaired) electrons. The molecule has 0 unspecified atom stereocenters. The molecule has 2 heterocycles. The Kier molecular flexibility index (Phi) is 7.39. The van der Waals surface area contributed by atoms with Crippen LogP contribution in [-0.2, 0) is 17.1 Å². The first-order valence-corrected chi connectivity index (χ1v) is 9.39. The number of pyridine rings is 1. The Labute approximate surface area is 187 Å². The second-order valence-electron chi connectivity index (χ2n) is 6.38. The van der Waals surface area contributed by atoms with Crippen molar-refractivity contribution in [3.8, 4) is 5.88 Å². The van der Waals surface area contributed by atoms with E-state index in [9.17, 15) is 0 Å². The molecule has 1 aliphatic heterocycles. The molecule has 4 nitrogen and oxygen atoms in total. The van der Waals surface area contributed by atoms with Gasteiger partial charge in [0, 0.05) is 29.2 Å². The second-order valence-corrected chi connectivity index (χ2v) is 6.38. The molecule has 0 N–H and O–H groups in total. The number of para-hydroxylation sites is 1. The van der Waals surface area contributed by atoms with Crippen molar-refractivity contribution in [2.45, 2.75) is 0 Å². The van der Waals surface area contributed by atoms with Crippen LogP contribution in [0.1, 0.15) is 5.56 Å². The molecule has 0 saturated carbocycles. The summed E-state index contributed by atoms with van der Waals surface area (Å²) in [5, 5.41) is 1.97. The van der Waals surface area contributed by atoms with Gasteiger partial charge in [-0.2, -0.15) is 24.4 Å². The summed E-state index contributed by atoms with van der Waals surface area (Å²) < 4.78 is 5.15. The fourth-order valence-corrected chi connectivity index (χ4v) is 3.12. The summed E-state index contributed by atoms with van der Waals surface area (Å²) in [6.07, 6.45) is 12.0. The number of methoxy groups -OCH3 is 1. The summed E-state index contributed by atoms with van der Waals surface area (Å²) in [6.45, 7) is 0. The molecule has 150 valence electrons. The summed E-state index contributed by atoms with van der Waals surface area (Å²) in [5.41, 5.74) is 9.88. The maximum absolute atomic E-state index is 5.15. The molecule has 0 atom stereocenters. The summed E-state index contributed by atoms with van der Waals surface area (Å²) in [6, 6.07) is 24.0. The van der Waals surface area contributed by atoms with Crippen molar-refractivity contribution < 1.29 is 21.8 Å². The quantitative estimate of drug-likeness (QED) is 0.373. The Balaban J connectivity index is 0.000000376. The maximum atomic E-state index is 5.15. The molecule has 2 aromatic carbocycles. The average Bonchev–Trinajstić information content (AvgIpc) is 3.57. The van der Waals surface area contributed by atoms with Crippen LogP contribution >= 0.6 is 0 Å². The van der Waals surface area contributed by atoms with Crippen LogP contribution in [0.25, 0.3) is 11.0 Å². The molecule has 30 heavy (non-hydrogen) atoms. The first-order chi connectivity index (χ1) is 14.4. The zero-order chi connectivity index (χ0) is 19.9. The van der Waals surface area contributed by atoms with Gasteiger partial charge in [0.2, 0.25) is 5.88 Å². The molecule has 5 heteroatoms. The van der Waals surface area contributed by atoms with Crippen LogP contribution < -0.4 is 9.75 Å². The van der Waals surface area contributed by atoms with E-state index in [1.54, 1.807) is 7.11 Å². The normalized spacial score (nSPS) is 13.9. The standard InChI is InChI=1S/C20H16N3O.C5H5.Fe/c1-24-19-12-11-16(13-21-19)18-14-22-23(17-9-3-2-4-10-17)20(18)15-7-5-6-8-15;1-2-4-5-3-1;/h2-14H,1H3;1-5H;/q2*-1;+2. The van der Waals surface area contributed by atoms with Gasteiger partial charge in [0.1, 0.15) is 0 Å². The number of benzene rings is 1. The number of rotatable bonds is 3. The molecule has 0 bridgehead atoms. The first kappa shape index (κ1) is 21.3. The van der Waals surface area contributed by atoms with Crippen LogP contribution in [0.5, 0.6) is 5.88 Å². The minimum absolute atomic E-state index is 0. The number of hydrogen-bond acceptors (Lipinski definition) is 3. The number of ether oxygens (including phenoxy) is 1. The largest absolute Gasteiger partial charge is 2.00 e. The summed E-state index contributed by atoms with van der Waals surface area (Å²) in [4.78, 5) is 4.32. The molecule has 3 aromatic rings. The van der Waals surface area contributed by atoms with E-state index < -0.39 is 0 Å². The number of nitrogens with zero attached hydrogens (tertiary/aromatic N) is 3. The van der Waals surface area contributed by atoms with Crippen molar-refractivity contribution in [3.05, 3.63) is 132 Å². The Bertz CT molecular complexity index is 1020. The van der Waals surface area contributed by atoms with Gasteiger partial charge in [-0.1, -0.05) is 42.5 Å². The van der Waals surface area contributed by atoms with Crippen LogP contribution in [0.2, 0.25) is 0 Å². The summed E-state index contributed by atoms with van der Waals surface area (Å²) >= 11 is 0. The second kappa shape index (κ2) is 10.4. The predicted octanol–water partition coefficient (Wildman–Crippen LogP) is 6.02. The third-order valence-electron chi connectivity index (χ3n) is 4.52. The summed E-state index contributed by atoms with van der Waals surface area (Å²) in [5.74, 6) is 0.601. The molecule has 0 amide bonds. The van der Waals surface area contributed by atoms with Gasteiger partial charge in [0.15, 0.2) is 0 Å². The SMILES string of the molecule is COc1ccc(C2=C[N-]N(c3ccccc3)C2=C2C=CC=C2)cn1.[Fe+2].c1cc[cH-]c1. The van der Waals surface area contributed by atoms with Gasteiger partial charge < -0.3 is 15.2 Å². The van der Waals surface area contributed by atoms with E-state index in [4.69, 9.17) is 4.74 Å². The van der Waals surface area contributed by atoms with E-state index in [1.165, 1.54) is 0 Å². The summed E-state index contributed by atoms with van der Waals surface area (Å²) in [7, 11) is 1.62. The Morgan fingerprint density at radius 2 is 1.67 bits per heavy atom. The van der Waals surface area contributed by atoms with Crippen LogP contribution in [0.15, 0.2) is 121 Å². The zero-order valence-electron chi connectivity index (χ0n) is 16.5. The van der Waals surface area contributed by atoms with Crippen molar-refractivity contribution in [2.24, 2.45) is 0 Å². The molecule has 0 fully saturated rings. The third-order valence-corrected chi connectivity index (χ3v) is 4.52. The first-order valence-electron chi connectivity index (χ1n) is 9.39. The molecule has 0 saturated heterocycles. The fourth-order valence-electron chi connectivity index (χ4n) is 3.12. The predicted molar refractivity (Wildman–Crippen MR) is 118 cm³/mol. The minimum Gasteiger partial charge on any atom is -0.596 e. The number of hydrogen-bond donors (Lipinski definition) is 0. The van der Waals surface area contributed by atoms with Gasteiger partial charge in [-0.25, -0.2) is 17.1 Å². The van der Waals surface area contributed by atoms with Gasteiger partial charge in [0.25, 0.3) is 0 Å². The van der Waals surface area contributed by atoms with Crippen molar-refractivity contribution in [1.82, 2.24) is 4.98 Å². The van der Waals surface area contributed by atoms with Crippen molar-refractivity contribution >= 4 is 11.3 Å². The molecular weight excluding hydrogens is 414 g/mol. The topological polar surface area (TPSA) is 39.5 Å². The van der Waals surface area contributed by atoms with E-state index in [1.807, 2.05) is 90.2 Å². The van der Waals surface area contributed by atoms with Crippen molar-refractivity contribution in [3.63, 3.8) is 0 Å². The van der Waals surface area contributed by atoms with Crippen molar-refractivity contribution in [2.75, 3.05) is 12.1 Å². The van der Waals surface area contributed by atoms with Gasteiger partial charge in [-0.15, -0.1) is 0 Å². The average molecular weight is 435 g/mol. The monoisotopic (exact) mass is 435 g/mol. The molecule has 1 aliphatic carbocycles. The van der Waals surface area contributed by atoms with Crippen LogP contribution in [0.4, 0.5) is 5.69 Å². The third kappa shape index (κ3) is 4.77. The number of anilines is 1. The zero-order valence-corrected chi connectivity index (χ0v) is 17.6. The fraction of sp³-hybridized carbons (Fsp3) is 0.0400. The maximum Gasteiger partial charge on any atom is 2.00 e. The number of aromatic nitrogens is 1. The van der Waals surface area contributed by atoms with E-state index in [2.05, 4.69) is 34.7 Å². The van der Waals surface area contributed by atoms with Gasteiger partial charge in [-0.05, 0) is 29.3 Å². The van der Waals surface area contributed by atoms with E-state index in [-0.39, 0.29) is 17.1 Å². The smallest absolute Gasteiger partial charge is 0.596 e. The van der Waals surface area contributed by atoms with Crippen molar-refractivity contribution in [1.29, 1.82) is 0 Å². The molecule has 5 rings (SSSR count). The molecular formula is C25H21FeN3O. The van der Waals surface area contributed by atoms with Gasteiger partial charge in [0.05, 0.1) is 7.11 Å². The Morgan fingerprint density at radius 1 is 0.933 bits per heavy atom. The van der Waals surface area contributed by atoms with E-state index in [0.717, 1.165) is 28.1 Å². The van der Waals surface area contributed by atoms with E-state index in [0.29, 0.717) is 5.88 Å². The molecule has 1 aromatic heterocycles. The Hall–Kier alpha value is -3.40. The van der Waals surface area contributed by atoms with Crippen LogP contribution in [0.3, 0.4) is 0 Å². The molecule has 0 spiro atoms. The van der Waals surface area contributed by atoms with Gasteiger partial charge in [-0.3, -0.25) is 0 Å². The van der Waals surface area contributed by atoms with E-state index >= 15 is 0 Å². The van der Waals surface area contributed by atoms with Crippen LogP contribution in [-0.4, -0.2) is 12.1 Å². The number of allylic oxidation sites excluding steroid dienone is 6.